The smallest absolute Gasteiger partial charge is 0.229 e. The van der Waals surface area contributed by atoms with E-state index in [0.29, 0.717) is 11.8 Å². The molecule has 0 saturated heterocycles. The maximum Gasteiger partial charge on any atom is 0.229 e. The number of hydrogen-bond acceptors (Lipinski definition) is 4. The zero-order valence-electron chi connectivity index (χ0n) is 10.2. The molecule has 0 aliphatic heterocycles. The third-order valence-electron chi connectivity index (χ3n) is 3.25. The Kier molecular flexibility index (Phi) is 2.84. The number of anilines is 3. The van der Waals surface area contributed by atoms with Crippen molar-refractivity contribution < 1.29 is 0 Å². The Labute approximate surface area is 106 Å². The summed E-state index contributed by atoms with van der Waals surface area (Å²) in [6, 6.07) is 9.90. The number of nitrogen functional groups attached to an aromatic ring is 1. The number of aryl methyl sites for hydroxylation is 1. The molecule has 0 bridgehead atoms. The van der Waals surface area contributed by atoms with Gasteiger partial charge < -0.3 is 11.1 Å². The van der Waals surface area contributed by atoms with Crippen molar-refractivity contribution >= 4 is 17.5 Å². The second-order valence-corrected chi connectivity index (χ2v) is 4.56. The van der Waals surface area contributed by atoms with Crippen molar-refractivity contribution in [1.29, 1.82) is 0 Å². The first-order valence-electron chi connectivity index (χ1n) is 6.30. The summed E-state index contributed by atoms with van der Waals surface area (Å²) in [5.41, 5.74) is 9.23. The normalized spacial score (nSPS) is 14.0. The van der Waals surface area contributed by atoms with Crippen molar-refractivity contribution in [2.75, 3.05) is 11.1 Å². The van der Waals surface area contributed by atoms with Crippen LogP contribution in [0.3, 0.4) is 0 Å². The molecule has 2 aromatic rings. The van der Waals surface area contributed by atoms with Gasteiger partial charge in [-0.25, -0.2) is 4.98 Å². The van der Waals surface area contributed by atoms with Gasteiger partial charge in [-0.05, 0) is 37.8 Å². The summed E-state index contributed by atoms with van der Waals surface area (Å²) in [6.07, 6.45) is 4.39. The molecule has 0 amide bonds. The summed E-state index contributed by atoms with van der Waals surface area (Å²) in [7, 11) is 0. The van der Waals surface area contributed by atoms with E-state index in [9.17, 15) is 0 Å². The number of rotatable bonds is 2. The van der Waals surface area contributed by atoms with Gasteiger partial charge in [0.25, 0.3) is 0 Å². The van der Waals surface area contributed by atoms with Gasteiger partial charge in [-0.15, -0.1) is 0 Å². The maximum atomic E-state index is 6.00. The molecule has 0 atom stereocenters. The molecular weight excluding hydrogens is 224 g/mol. The number of para-hydroxylation sites is 1. The predicted octanol–water partition coefficient (Wildman–Crippen LogP) is 2.68. The quantitative estimate of drug-likeness (QED) is 0.847. The molecule has 92 valence electrons. The summed E-state index contributed by atoms with van der Waals surface area (Å²) in [6.45, 7) is 0. The largest absolute Gasteiger partial charge is 0.383 e. The topological polar surface area (TPSA) is 63.8 Å². The van der Waals surface area contributed by atoms with Crippen molar-refractivity contribution in [3.05, 3.63) is 41.6 Å². The lowest BCUT2D eigenvalue weighted by atomic mass is 9.97. The SMILES string of the molecule is Nc1nc(Nc2ccccc2)nc2c1CCCC2. The Morgan fingerprint density at radius 1 is 1.00 bits per heavy atom. The van der Waals surface area contributed by atoms with Crippen molar-refractivity contribution in [3.63, 3.8) is 0 Å². The molecule has 4 heteroatoms. The average molecular weight is 240 g/mol. The summed E-state index contributed by atoms with van der Waals surface area (Å²) in [5, 5.41) is 3.19. The highest BCUT2D eigenvalue weighted by Gasteiger charge is 2.15. The molecule has 0 spiro atoms. The van der Waals surface area contributed by atoms with Gasteiger partial charge in [-0.1, -0.05) is 18.2 Å². The standard InChI is InChI=1S/C14H16N4/c15-13-11-8-4-5-9-12(11)17-14(18-13)16-10-6-2-1-3-7-10/h1-3,6-7H,4-5,8-9H2,(H3,15,16,17,18). The fraction of sp³-hybridized carbons (Fsp3) is 0.286. The van der Waals surface area contributed by atoms with Gasteiger partial charge in [0, 0.05) is 11.3 Å². The van der Waals surface area contributed by atoms with E-state index in [1.165, 1.54) is 12.8 Å². The van der Waals surface area contributed by atoms with Crippen LogP contribution in [-0.4, -0.2) is 9.97 Å². The lowest BCUT2D eigenvalue weighted by Crippen LogP contribution is -2.12. The van der Waals surface area contributed by atoms with Crippen LogP contribution in [0.25, 0.3) is 0 Å². The van der Waals surface area contributed by atoms with Crippen LogP contribution in [0.1, 0.15) is 24.1 Å². The van der Waals surface area contributed by atoms with E-state index in [1.807, 2.05) is 30.3 Å². The number of benzene rings is 1. The number of nitrogens with zero attached hydrogens (tertiary/aromatic N) is 2. The minimum Gasteiger partial charge on any atom is -0.383 e. The number of hydrogen-bond donors (Lipinski definition) is 2. The first-order valence-corrected chi connectivity index (χ1v) is 6.30. The lowest BCUT2D eigenvalue weighted by Gasteiger charge is -2.17. The van der Waals surface area contributed by atoms with E-state index in [2.05, 4.69) is 15.3 Å². The summed E-state index contributed by atoms with van der Waals surface area (Å²) >= 11 is 0. The first kappa shape index (κ1) is 11.0. The maximum absolute atomic E-state index is 6.00. The molecule has 4 nitrogen and oxygen atoms in total. The fourth-order valence-corrected chi connectivity index (χ4v) is 2.33. The third kappa shape index (κ3) is 2.14. The van der Waals surface area contributed by atoms with E-state index in [-0.39, 0.29) is 0 Å². The third-order valence-corrected chi connectivity index (χ3v) is 3.25. The molecule has 1 heterocycles. The van der Waals surface area contributed by atoms with E-state index in [1.54, 1.807) is 0 Å². The Morgan fingerprint density at radius 2 is 1.78 bits per heavy atom. The molecule has 1 aliphatic rings. The van der Waals surface area contributed by atoms with Gasteiger partial charge in [-0.3, -0.25) is 0 Å². The Balaban J connectivity index is 1.91. The van der Waals surface area contributed by atoms with E-state index in [0.717, 1.165) is 29.8 Å². The number of fused-ring (bicyclic) bond motifs is 1. The minimum absolute atomic E-state index is 0.597. The van der Waals surface area contributed by atoms with Crippen molar-refractivity contribution in [1.82, 2.24) is 9.97 Å². The molecule has 0 unspecified atom stereocenters. The molecule has 18 heavy (non-hydrogen) atoms. The molecule has 1 aromatic heterocycles. The van der Waals surface area contributed by atoms with Gasteiger partial charge in [0.2, 0.25) is 5.95 Å². The molecule has 1 aromatic carbocycles. The number of aromatic nitrogens is 2. The Morgan fingerprint density at radius 3 is 2.61 bits per heavy atom. The van der Waals surface area contributed by atoms with Crippen molar-refractivity contribution in [3.8, 4) is 0 Å². The lowest BCUT2D eigenvalue weighted by molar-refractivity contribution is 0.666. The van der Waals surface area contributed by atoms with Crippen LogP contribution >= 0.6 is 0 Å². The zero-order valence-corrected chi connectivity index (χ0v) is 10.2. The number of nitrogens with one attached hydrogen (secondary N) is 1. The van der Waals surface area contributed by atoms with Crippen LogP contribution in [0.5, 0.6) is 0 Å². The molecule has 1 aliphatic carbocycles. The number of nitrogens with two attached hydrogens (primary N) is 1. The van der Waals surface area contributed by atoms with Crippen LogP contribution < -0.4 is 11.1 Å². The van der Waals surface area contributed by atoms with Crippen LogP contribution in [0.4, 0.5) is 17.5 Å². The molecular formula is C14H16N4. The van der Waals surface area contributed by atoms with E-state index < -0.39 is 0 Å². The highest BCUT2D eigenvalue weighted by Crippen LogP contribution is 2.25. The highest BCUT2D eigenvalue weighted by molar-refractivity contribution is 5.56. The first-order chi connectivity index (χ1) is 8.83. The average Bonchev–Trinajstić information content (AvgIpc) is 2.40. The summed E-state index contributed by atoms with van der Waals surface area (Å²) in [4.78, 5) is 8.90. The molecule has 0 saturated carbocycles. The second-order valence-electron chi connectivity index (χ2n) is 4.56. The summed E-state index contributed by atoms with van der Waals surface area (Å²) in [5.74, 6) is 1.22. The van der Waals surface area contributed by atoms with E-state index in [4.69, 9.17) is 5.73 Å². The highest BCUT2D eigenvalue weighted by atomic mass is 15.1. The second kappa shape index (κ2) is 4.64. The Bertz CT molecular complexity index is 551. The molecule has 0 radical (unpaired) electrons. The Hall–Kier alpha value is -2.10. The summed E-state index contributed by atoms with van der Waals surface area (Å²) < 4.78 is 0. The molecule has 0 fully saturated rings. The van der Waals surface area contributed by atoms with Crippen LogP contribution in [0.15, 0.2) is 30.3 Å². The minimum atomic E-state index is 0.597. The van der Waals surface area contributed by atoms with Crippen molar-refractivity contribution in [2.24, 2.45) is 0 Å². The van der Waals surface area contributed by atoms with Crippen LogP contribution in [-0.2, 0) is 12.8 Å². The van der Waals surface area contributed by atoms with Gasteiger partial charge >= 0.3 is 0 Å². The van der Waals surface area contributed by atoms with Crippen molar-refractivity contribution in [2.45, 2.75) is 25.7 Å². The van der Waals surface area contributed by atoms with Gasteiger partial charge in [0.1, 0.15) is 5.82 Å². The predicted molar refractivity (Wildman–Crippen MR) is 72.8 cm³/mol. The van der Waals surface area contributed by atoms with E-state index >= 15 is 0 Å². The zero-order chi connectivity index (χ0) is 12.4. The van der Waals surface area contributed by atoms with Gasteiger partial charge in [-0.2, -0.15) is 4.98 Å². The van der Waals surface area contributed by atoms with Crippen LogP contribution in [0.2, 0.25) is 0 Å². The van der Waals surface area contributed by atoms with Gasteiger partial charge in [0.05, 0.1) is 5.69 Å². The monoisotopic (exact) mass is 240 g/mol. The fourth-order valence-electron chi connectivity index (χ4n) is 2.33. The molecule has 3 N–H and O–H groups in total. The molecule has 3 rings (SSSR count). The van der Waals surface area contributed by atoms with Crippen LogP contribution in [0, 0.1) is 0 Å². The van der Waals surface area contributed by atoms with Gasteiger partial charge in [0.15, 0.2) is 0 Å².